The molecule has 1 aliphatic carbocycles. The largest absolute Gasteiger partial charge is 0.457 e. The number of nitrogens with one attached hydrogen (secondary N) is 3. The standard InChI is InChI=1S/C26H30N4O3S/c1-2-16-27-26(34)30-22-11-7-6-10-21(22)29-25(32)23(30)17-24(31)28-18-12-14-20(15-13-18)33-19-8-4-3-5-9-19/h2-5,8-9,12-15,21-23H,1,6-7,10-11,16-17H2,(H,27,34)(H,28,31)(H,29,32)/t21-,22+,23+/m1/s1. The van der Waals surface area contributed by atoms with Crippen LogP contribution in [0.2, 0.25) is 0 Å². The van der Waals surface area contributed by atoms with Gasteiger partial charge in [0, 0.05) is 18.3 Å². The average molecular weight is 479 g/mol. The second-order valence-corrected chi connectivity index (χ2v) is 8.94. The molecule has 3 atom stereocenters. The first-order valence-corrected chi connectivity index (χ1v) is 12.1. The lowest BCUT2D eigenvalue weighted by molar-refractivity contribution is -0.134. The predicted octanol–water partition coefficient (Wildman–Crippen LogP) is 3.98. The van der Waals surface area contributed by atoms with Crippen molar-refractivity contribution in [3.8, 4) is 11.5 Å². The highest BCUT2D eigenvalue weighted by Gasteiger charge is 2.44. The van der Waals surface area contributed by atoms with E-state index < -0.39 is 6.04 Å². The molecule has 2 aromatic rings. The molecule has 34 heavy (non-hydrogen) atoms. The first-order chi connectivity index (χ1) is 16.5. The molecule has 0 bridgehead atoms. The molecule has 2 amide bonds. The third-order valence-corrected chi connectivity index (χ3v) is 6.54. The van der Waals surface area contributed by atoms with Gasteiger partial charge >= 0.3 is 0 Å². The predicted molar refractivity (Wildman–Crippen MR) is 137 cm³/mol. The molecule has 1 saturated carbocycles. The van der Waals surface area contributed by atoms with Crippen molar-refractivity contribution >= 4 is 34.8 Å². The first-order valence-electron chi connectivity index (χ1n) is 11.7. The molecule has 0 spiro atoms. The van der Waals surface area contributed by atoms with Gasteiger partial charge in [0.1, 0.15) is 17.5 Å². The number of ether oxygens (including phenoxy) is 1. The SMILES string of the molecule is C=CCNC(=S)N1[C@@H](CC(=O)Nc2ccc(Oc3ccccc3)cc2)C(=O)N[C@@H]2CCCC[C@@H]21. The summed E-state index contributed by atoms with van der Waals surface area (Å²) in [5.41, 5.74) is 0.635. The fourth-order valence-electron chi connectivity index (χ4n) is 4.60. The maximum absolute atomic E-state index is 13.0. The van der Waals surface area contributed by atoms with Crippen molar-refractivity contribution in [2.45, 2.75) is 50.2 Å². The quantitative estimate of drug-likeness (QED) is 0.413. The van der Waals surface area contributed by atoms with Gasteiger partial charge in [-0.1, -0.05) is 37.1 Å². The van der Waals surface area contributed by atoms with Gasteiger partial charge in [0.15, 0.2) is 5.11 Å². The normalized spacial score (nSPS) is 21.6. The van der Waals surface area contributed by atoms with Gasteiger partial charge in [-0.3, -0.25) is 9.59 Å². The van der Waals surface area contributed by atoms with E-state index in [1.807, 2.05) is 35.2 Å². The highest BCUT2D eigenvalue weighted by atomic mass is 32.1. The minimum atomic E-state index is -0.662. The Kier molecular flexibility index (Phi) is 7.80. The monoisotopic (exact) mass is 478 g/mol. The second kappa shape index (κ2) is 11.2. The number of fused-ring (bicyclic) bond motifs is 1. The fourth-order valence-corrected chi connectivity index (χ4v) is 4.95. The van der Waals surface area contributed by atoms with Gasteiger partial charge in [0.25, 0.3) is 0 Å². The Morgan fingerprint density at radius 2 is 1.82 bits per heavy atom. The highest BCUT2D eigenvalue weighted by Crippen LogP contribution is 2.30. The van der Waals surface area contributed by atoms with Crippen LogP contribution >= 0.6 is 12.2 Å². The molecule has 1 aliphatic heterocycles. The van der Waals surface area contributed by atoms with Crippen molar-refractivity contribution < 1.29 is 14.3 Å². The van der Waals surface area contributed by atoms with Crippen molar-refractivity contribution in [2.24, 2.45) is 0 Å². The number of carbonyl (C=O) groups excluding carboxylic acids is 2. The summed E-state index contributed by atoms with van der Waals surface area (Å²) in [7, 11) is 0. The van der Waals surface area contributed by atoms with Crippen LogP contribution in [-0.4, -0.2) is 46.5 Å². The van der Waals surface area contributed by atoms with Crippen molar-refractivity contribution in [3.05, 3.63) is 67.3 Å². The lowest BCUT2D eigenvalue weighted by atomic mass is 9.85. The molecule has 2 aromatic carbocycles. The zero-order valence-corrected chi connectivity index (χ0v) is 19.9. The summed E-state index contributed by atoms with van der Waals surface area (Å²) < 4.78 is 5.80. The second-order valence-electron chi connectivity index (χ2n) is 8.56. The topological polar surface area (TPSA) is 82.7 Å². The fraction of sp³-hybridized carbons (Fsp3) is 0.346. The molecule has 2 aliphatic rings. The zero-order chi connectivity index (χ0) is 23.9. The van der Waals surface area contributed by atoms with E-state index in [-0.39, 0.29) is 30.3 Å². The summed E-state index contributed by atoms with van der Waals surface area (Å²) >= 11 is 5.63. The number of para-hydroxylation sites is 1. The Bertz CT molecular complexity index is 1030. The van der Waals surface area contributed by atoms with Crippen LogP contribution in [0, 0.1) is 0 Å². The Morgan fingerprint density at radius 3 is 2.56 bits per heavy atom. The summed E-state index contributed by atoms with van der Waals surface area (Å²) in [6.45, 7) is 4.23. The Balaban J connectivity index is 1.42. The number of piperazine rings is 1. The maximum Gasteiger partial charge on any atom is 0.243 e. The number of benzene rings is 2. The number of thiocarbonyl (C=S) groups is 1. The molecule has 178 valence electrons. The van der Waals surface area contributed by atoms with Crippen LogP contribution in [0.3, 0.4) is 0 Å². The van der Waals surface area contributed by atoms with Crippen LogP contribution in [0.25, 0.3) is 0 Å². The summed E-state index contributed by atoms with van der Waals surface area (Å²) in [4.78, 5) is 27.8. The van der Waals surface area contributed by atoms with E-state index in [4.69, 9.17) is 17.0 Å². The summed E-state index contributed by atoms with van der Waals surface area (Å²) in [5.74, 6) is 1.00. The molecule has 2 fully saturated rings. The van der Waals surface area contributed by atoms with E-state index in [1.165, 1.54) is 0 Å². The Hall–Kier alpha value is -3.39. The highest BCUT2D eigenvalue weighted by molar-refractivity contribution is 7.80. The van der Waals surface area contributed by atoms with Crippen molar-refractivity contribution in [2.75, 3.05) is 11.9 Å². The number of rotatable bonds is 7. The minimum Gasteiger partial charge on any atom is -0.457 e. The van der Waals surface area contributed by atoms with Gasteiger partial charge in [0.2, 0.25) is 11.8 Å². The average Bonchev–Trinajstić information content (AvgIpc) is 2.85. The molecule has 7 nitrogen and oxygen atoms in total. The van der Waals surface area contributed by atoms with Crippen LogP contribution < -0.4 is 20.7 Å². The molecular weight excluding hydrogens is 448 g/mol. The van der Waals surface area contributed by atoms with Gasteiger partial charge in [-0.25, -0.2) is 0 Å². The van der Waals surface area contributed by atoms with E-state index in [0.29, 0.717) is 23.1 Å². The van der Waals surface area contributed by atoms with Crippen LogP contribution in [0.4, 0.5) is 5.69 Å². The van der Waals surface area contributed by atoms with E-state index in [9.17, 15) is 9.59 Å². The number of hydrogen-bond donors (Lipinski definition) is 3. The van der Waals surface area contributed by atoms with Gasteiger partial charge in [-0.2, -0.15) is 0 Å². The third-order valence-electron chi connectivity index (χ3n) is 6.18. The molecule has 0 unspecified atom stereocenters. The number of carbonyl (C=O) groups is 2. The first kappa shape index (κ1) is 23.8. The van der Waals surface area contributed by atoms with Crippen molar-refractivity contribution in [1.82, 2.24) is 15.5 Å². The Labute approximate surface area is 205 Å². The molecule has 8 heteroatoms. The molecule has 0 aromatic heterocycles. The smallest absolute Gasteiger partial charge is 0.243 e. The van der Waals surface area contributed by atoms with Crippen LogP contribution in [0.1, 0.15) is 32.1 Å². The van der Waals surface area contributed by atoms with E-state index >= 15 is 0 Å². The maximum atomic E-state index is 13.0. The number of anilines is 1. The molecule has 0 radical (unpaired) electrons. The lowest BCUT2D eigenvalue weighted by Crippen LogP contribution is -2.69. The molecule has 3 N–H and O–H groups in total. The van der Waals surface area contributed by atoms with Crippen molar-refractivity contribution in [1.29, 1.82) is 0 Å². The van der Waals surface area contributed by atoms with Crippen molar-refractivity contribution in [3.63, 3.8) is 0 Å². The van der Waals surface area contributed by atoms with Gasteiger partial charge in [0.05, 0.1) is 12.5 Å². The van der Waals surface area contributed by atoms with Crippen LogP contribution in [-0.2, 0) is 9.59 Å². The van der Waals surface area contributed by atoms with E-state index in [1.54, 1.807) is 30.3 Å². The van der Waals surface area contributed by atoms with Gasteiger partial charge < -0.3 is 25.6 Å². The molecule has 1 saturated heterocycles. The van der Waals surface area contributed by atoms with Crippen LogP contribution in [0.15, 0.2) is 67.3 Å². The van der Waals surface area contributed by atoms with Gasteiger partial charge in [-0.05, 0) is 61.5 Å². The summed E-state index contributed by atoms with van der Waals surface area (Å²) in [6.07, 6.45) is 5.75. The summed E-state index contributed by atoms with van der Waals surface area (Å²) in [5, 5.41) is 9.66. The summed E-state index contributed by atoms with van der Waals surface area (Å²) in [6, 6.07) is 16.1. The molecular formula is C26H30N4O3S. The third kappa shape index (κ3) is 5.75. The minimum absolute atomic E-state index is 0.00717. The molecule has 4 rings (SSSR count). The number of nitrogens with zero attached hydrogens (tertiary/aromatic N) is 1. The van der Waals surface area contributed by atoms with E-state index in [0.717, 1.165) is 31.4 Å². The van der Waals surface area contributed by atoms with E-state index in [2.05, 4.69) is 22.5 Å². The number of hydrogen-bond acceptors (Lipinski definition) is 4. The van der Waals surface area contributed by atoms with Crippen LogP contribution in [0.5, 0.6) is 11.5 Å². The van der Waals surface area contributed by atoms with Gasteiger partial charge in [-0.15, -0.1) is 6.58 Å². The lowest BCUT2D eigenvalue weighted by Gasteiger charge is -2.49. The zero-order valence-electron chi connectivity index (χ0n) is 19.0. The molecule has 1 heterocycles. The Morgan fingerprint density at radius 1 is 1.12 bits per heavy atom. The number of amides is 2.